The Morgan fingerprint density at radius 3 is 1.95 bits per heavy atom. The molecule has 0 aliphatic rings. The fraction of sp³-hybridized carbons (Fsp3) is 0.600. The number of nitrogens with one attached hydrogen (secondary N) is 1. The lowest BCUT2D eigenvalue weighted by Crippen LogP contribution is -2.43. The zero-order valence-corrected chi connectivity index (χ0v) is 11.8. The summed E-state index contributed by atoms with van der Waals surface area (Å²) in [7, 11) is 0. The van der Waals surface area contributed by atoms with E-state index >= 15 is 0 Å². The molecule has 0 radical (unpaired) electrons. The van der Waals surface area contributed by atoms with Crippen molar-refractivity contribution < 1.29 is 13.2 Å². The van der Waals surface area contributed by atoms with Crippen molar-refractivity contribution in [2.24, 2.45) is 0 Å². The molecule has 0 amide bonds. The number of hydrogen-bond donors (Lipinski definition) is 1. The van der Waals surface area contributed by atoms with Crippen molar-refractivity contribution >= 4 is 0 Å². The SMILES string of the molecule is CCC(CC)(CC)NCc1ccccc1C(F)(F)F. The Kier molecular flexibility index (Phi) is 5.41. The van der Waals surface area contributed by atoms with Crippen LogP contribution in [0.4, 0.5) is 13.2 Å². The second kappa shape index (κ2) is 6.42. The van der Waals surface area contributed by atoms with Gasteiger partial charge in [0.2, 0.25) is 0 Å². The molecule has 1 aromatic carbocycles. The smallest absolute Gasteiger partial charge is 0.307 e. The Hall–Kier alpha value is -1.03. The van der Waals surface area contributed by atoms with Gasteiger partial charge in [0.05, 0.1) is 5.56 Å². The van der Waals surface area contributed by atoms with E-state index in [1.807, 2.05) is 0 Å². The summed E-state index contributed by atoms with van der Waals surface area (Å²) >= 11 is 0. The Balaban J connectivity index is 2.89. The minimum Gasteiger partial charge on any atom is -0.307 e. The van der Waals surface area contributed by atoms with Crippen LogP contribution in [0.1, 0.15) is 51.2 Å². The summed E-state index contributed by atoms with van der Waals surface area (Å²) in [6, 6.07) is 5.76. The zero-order chi connectivity index (χ0) is 14.5. The minimum absolute atomic E-state index is 0.0707. The van der Waals surface area contributed by atoms with E-state index in [0.29, 0.717) is 5.56 Å². The van der Waals surface area contributed by atoms with E-state index in [1.165, 1.54) is 6.07 Å². The third-order valence-electron chi connectivity index (χ3n) is 4.01. The highest BCUT2D eigenvalue weighted by Gasteiger charge is 2.33. The van der Waals surface area contributed by atoms with E-state index in [9.17, 15) is 13.2 Å². The fourth-order valence-electron chi connectivity index (χ4n) is 2.36. The standard InChI is InChI=1S/C15H22F3N/c1-4-14(5-2,6-3)19-11-12-9-7-8-10-13(12)15(16,17)18/h7-10,19H,4-6,11H2,1-3H3. The van der Waals surface area contributed by atoms with Crippen molar-refractivity contribution in [1.82, 2.24) is 5.32 Å². The summed E-state index contributed by atoms with van der Waals surface area (Å²) in [6.45, 7) is 6.45. The molecule has 0 aromatic heterocycles. The van der Waals surface area contributed by atoms with Crippen LogP contribution in [0, 0.1) is 0 Å². The van der Waals surface area contributed by atoms with Crippen molar-refractivity contribution in [3.8, 4) is 0 Å². The molecule has 0 aliphatic carbocycles. The lowest BCUT2D eigenvalue weighted by molar-refractivity contribution is -0.138. The third kappa shape index (κ3) is 3.96. The molecule has 0 fully saturated rings. The van der Waals surface area contributed by atoms with Crippen molar-refractivity contribution in [3.05, 3.63) is 35.4 Å². The molecule has 1 rings (SSSR count). The molecule has 1 N–H and O–H groups in total. The predicted octanol–water partition coefficient (Wildman–Crippen LogP) is 4.76. The van der Waals surface area contributed by atoms with Crippen molar-refractivity contribution in [2.45, 2.75) is 58.3 Å². The largest absolute Gasteiger partial charge is 0.416 e. The van der Waals surface area contributed by atoms with Gasteiger partial charge >= 0.3 is 6.18 Å². The van der Waals surface area contributed by atoms with Crippen LogP contribution in [0.25, 0.3) is 0 Å². The first-order valence-electron chi connectivity index (χ1n) is 6.78. The number of hydrogen-bond acceptors (Lipinski definition) is 1. The molecule has 108 valence electrons. The van der Waals surface area contributed by atoms with Crippen LogP contribution in [0.5, 0.6) is 0 Å². The number of halogens is 3. The van der Waals surface area contributed by atoms with Crippen molar-refractivity contribution in [3.63, 3.8) is 0 Å². The van der Waals surface area contributed by atoms with Gasteiger partial charge in [-0.1, -0.05) is 39.0 Å². The Labute approximate surface area is 113 Å². The van der Waals surface area contributed by atoms with Gasteiger partial charge in [0, 0.05) is 12.1 Å². The molecule has 19 heavy (non-hydrogen) atoms. The third-order valence-corrected chi connectivity index (χ3v) is 4.01. The molecule has 0 saturated carbocycles. The average molecular weight is 273 g/mol. The summed E-state index contributed by atoms with van der Waals surface area (Å²) in [5, 5.41) is 3.31. The minimum atomic E-state index is -4.29. The highest BCUT2D eigenvalue weighted by atomic mass is 19.4. The highest BCUT2D eigenvalue weighted by molar-refractivity contribution is 5.29. The molecule has 0 atom stereocenters. The lowest BCUT2D eigenvalue weighted by atomic mass is 9.89. The number of rotatable bonds is 6. The second-order valence-corrected chi connectivity index (χ2v) is 4.85. The first-order chi connectivity index (χ1) is 8.88. The zero-order valence-electron chi connectivity index (χ0n) is 11.8. The van der Waals surface area contributed by atoms with Gasteiger partial charge in [0.15, 0.2) is 0 Å². The van der Waals surface area contributed by atoms with Crippen LogP contribution in [0.2, 0.25) is 0 Å². The molecular weight excluding hydrogens is 251 g/mol. The predicted molar refractivity (Wildman–Crippen MR) is 71.9 cm³/mol. The van der Waals surface area contributed by atoms with E-state index in [4.69, 9.17) is 0 Å². The number of alkyl halides is 3. The van der Waals surface area contributed by atoms with Crippen LogP contribution >= 0.6 is 0 Å². The summed E-state index contributed by atoms with van der Waals surface area (Å²) < 4.78 is 38.7. The van der Waals surface area contributed by atoms with Gasteiger partial charge in [0.1, 0.15) is 0 Å². The van der Waals surface area contributed by atoms with Crippen LogP contribution in [-0.2, 0) is 12.7 Å². The Bertz CT molecular complexity index is 386. The van der Waals surface area contributed by atoms with Crippen molar-refractivity contribution in [1.29, 1.82) is 0 Å². The normalized spacial score (nSPS) is 12.7. The molecule has 0 spiro atoms. The molecule has 4 heteroatoms. The molecule has 0 saturated heterocycles. The molecule has 0 bridgehead atoms. The van der Waals surface area contributed by atoms with E-state index in [-0.39, 0.29) is 12.1 Å². The molecule has 0 aliphatic heterocycles. The first-order valence-corrected chi connectivity index (χ1v) is 6.78. The van der Waals surface area contributed by atoms with Crippen LogP contribution in [0.15, 0.2) is 24.3 Å². The van der Waals surface area contributed by atoms with E-state index in [2.05, 4.69) is 26.1 Å². The van der Waals surface area contributed by atoms with E-state index < -0.39 is 11.7 Å². The summed E-state index contributed by atoms with van der Waals surface area (Å²) in [6.07, 6.45) is -1.55. The maximum Gasteiger partial charge on any atom is 0.416 e. The molecular formula is C15H22F3N. The monoisotopic (exact) mass is 273 g/mol. The molecule has 0 unspecified atom stereocenters. The fourth-order valence-corrected chi connectivity index (χ4v) is 2.36. The average Bonchev–Trinajstić information content (AvgIpc) is 2.40. The summed E-state index contributed by atoms with van der Waals surface area (Å²) in [5.41, 5.74) is -0.298. The Morgan fingerprint density at radius 1 is 0.947 bits per heavy atom. The van der Waals surface area contributed by atoms with Crippen LogP contribution in [0.3, 0.4) is 0 Å². The second-order valence-electron chi connectivity index (χ2n) is 4.85. The highest BCUT2D eigenvalue weighted by Crippen LogP contribution is 2.32. The van der Waals surface area contributed by atoms with Gasteiger partial charge in [-0.05, 0) is 30.9 Å². The van der Waals surface area contributed by atoms with Gasteiger partial charge in [-0.3, -0.25) is 0 Å². The van der Waals surface area contributed by atoms with Gasteiger partial charge in [-0.2, -0.15) is 13.2 Å². The van der Waals surface area contributed by atoms with Gasteiger partial charge in [-0.25, -0.2) is 0 Å². The van der Waals surface area contributed by atoms with Crippen molar-refractivity contribution in [2.75, 3.05) is 0 Å². The summed E-state index contributed by atoms with van der Waals surface area (Å²) in [4.78, 5) is 0. The van der Waals surface area contributed by atoms with Gasteiger partial charge in [0.25, 0.3) is 0 Å². The molecule has 1 nitrogen and oxygen atoms in total. The van der Waals surface area contributed by atoms with Gasteiger partial charge < -0.3 is 5.32 Å². The lowest BCUT2D eigenvalue weighted by Gasteiger charge is -2.32. The molecule has 1 aromatic rings. The number of benzene rings is 1. The first kappa shape index (κ1) is 16.0. The Morgan fingerprint density at radius 2 is 1.47 bits per heavy atom. The maximum absolute atomic E-state index is 12.9. The van der Waals surface area contributed by atoms with Crippen LogP contribution < -0.4 is 5.32 Å². The van der Waals surface area contributed by atoms with Crippen LogP contribution in [-0.4, -0.2) is 5.54 Å². The molecule has 0 heterocycles. The van der Waals surface area contributed by atoms with E-state index in [1.54, 1.807) is 12.1 Å². The topological polar surface area (TPSA) is 12.0 Å². The summed E-state index contributed by atoms with van der Waals surface area (Å²) in [5.74, 6) is 0. The van der Waals surface area contributed by atoms with Gasteiger partial charge in [-0.15, -0.1) is 0 Å². The maximum atomic E-state index is 12.9. The quantitative estimate of drug-likeness (QED) is 0.787. The van der Waals surface area contributed by atoms with E-state index in [0.717, 1.165) is 25.3 Å².